The lowest BCUT2D eigenvalue weighted by Gasteiger charge is -2.18. The average Bonchev–Trinajstić information content (AvgIpc) is 2.46. The molecule has 0 aliphatic rings. The molecule has 0 radical (unpaired) electrons. The van der Waals surface area contributed by atoms with Crippen LogP contribution in [-0.4, -0.2) is 17.0 Å². The van der Waals surface area contributed by atoms with Gasteiger partial charge in [0.2, 0.25) is 0 Å². The lowest BCUT2D eigenvalue weighted by atomic mass is 10.0. The van der Waals surface area contributed by atoms with Gasteiger partial charge in [0.05, 0.1) is 0 Å². The van der Waals surface area contributed by atoms with Gasteiger partial charge in [-0.3, -0.25) is 5.23 Å². The molecule has 0 saturated carbocycles. The Morgan fingerprint density at radius 1 is 0.571 bits per heavy atom. The first-order valence-corrected chi connectivity index (χ1v) is 9.41. The van der Waals surface area contributed by atoms with E-state index in [9.17, 15) is 5.21 Å². The predicted octanol–water partition coefficient (Wildman–Crippen LogP) is 6.44. The summed E-state index contributed by atoms with van der Waals surface area (Å²) in [5, 5.41) is 18.8. The third kappa shape index (κ3) is 19.9. The van der Waals surface area contributed by atoms with Crippen LogP contribution in [0.4, 0.5) is 0 Å². The largest absolute Gasteiger partial charge is 0.762 e. The van der Waals surface area contributed by atoms with Crippen LogP contribution < -0.4 is 0 Å². The van der Waals surface area contributed by atoms with Gasteiger partial charge in [-0.25, -0.2) is 0 Å². The molecule has 0 saturated heterocycles. The van der Waals surface area contributed by atoms with Crippen LogP contribution in [0.5, 0.6) is 0 Å². The SMILES string of the molecule is CCCCCCCCCCCCCCCCCCN([O-])O. The Hall–Kier alpha value is -0.120. The molecule has 0 aliphatic heterocycles. The van der Waals surface area contributed by atoms with Crippen molar-refractivity contribution in [2.45, 2.75) is 110 Å². The highest BCUT2D eigenvalue weighted by Crippen LogP contribution is 2.13. The Labute approximate surface area is 132 Å². The van der Waals surface area contributed by atoms with Crippen LogP contribution in [0.2, 0.25) is 0 Å². The number of nitrogens with zero attached hydrogens (tertiary/aromatic N) is 1. The van der Waals surface area contributed by atoms with Crippen LogP contribution in [0.1, 0.15) is 110 Å². The molecule has 0 heterocycles. The van der Waals surface area contributed by atoms with Crippen molar-refractivity contribution in [2.24, 2.45) is 0 Å². The molecule has 0 amide bonds. The first-order chi connectivity index (χ1) is 10.3. The third-order valence-electron chi connectivity index (χ3n) is 4.20. The van der Waals surface area contributed by atoms with Gasteiger partial charge >= 0.3 is 0 Å². The maximum absolute atomic E-state index is 10.3. The average molecular weight is 301 g/mol. The highest BCUT2D eigenvalue weighted by molar-refractivity contribution is 4.50. The molecule has 0 aliphatic carbocycles. The molecule has 128 valence electrons. The van der Waals surface area contributed by atoms with Crippen LogP contribution in [0, 0.1) is 5.21 Å². The van der Waals surface area contributed by atoms with E-state index in [0.29, 0.717) is 0 Å². The Morgan fingerprint density at radius 3 is 1.14 bits per heavy atom. The van der Waals surface area contributed by atoms with Crippen molar-refractivity contribution >= 4 is 0 Å². The molecule has 3 nitrogen and oxygen atoms in total. The minimum absolute atomic E-state index is 0.0454. The fourth-order valence-corrected chi connectivity index (χ4v) is 2.80. The third-order valence-corrected chi connectivity index (χ3v) is 4.20. The summed E-state index contributed by atoms with van der Waals surface area (Å²) in [6.07, 6.45) is 21.2. The molecule has 0 fully saturated rings. The molecule has 0 rings (SSSR count). The van der Waals surface area contributed by atoms with E-state index in [1.54, 1.807) is 0 Å². The zero-order valence-electron chi connectivity index (χ0n) is 14.3. The van der Waals surface area contributed by atoms with Gasteiger partial charge in [-0.1, -0.05) is 103 Å². The van der Waals surface area contributed by atoms with Crippen molar-refractivity contribution in [3.05, 3.63) is 5.21 Å². The molecule has 0 bridgehead atoms. The van der Waals surface area contributed by atoms with E-state index in [0.717, 1.165) is 12.8 Å². The van der Waals surface area contributed by atoms with Crippen LogP contribution in [0.25, 0.3) is 0 Å². The number of hydrogen-bond donors (Lipinski definition) is 1. The Balaban J connectivity index is 2.93. The van der Waals surface area contributed by atoms with Gasteiger partial charge in [0, 0.05) is 6.54 Å². The second-order valence-electron chi connectivity index (χ2n) is 6.38. The maximum Gasteiger partial charge on any atom is 0.0104 e. The van der Waals surface area contributed by atoms with Gasteiger partial charge in [0.25, 0.3) is 0 Å². The van der Waals surface area contributed by atoms with Gasteiger partial charge < -0.3 is 10.4 Å². The quantitative estimate of drug-likeness (QED) is 0.248. The van der Waals surface area contributed by atoms with E-state index in [1.807, 2.05) is 0 Å². The van der Waals surface area contributed by atoms with Crippen LogP contribution >= 0.6 is 0 Å². The molecular weight excluding hydrogens is 262 g/mol. The fourth-order valence-electron chi connectivity index (χ4n) is 2.80. The summed E-state index contributed by atoms with van der Waals surface area (Å²) in [6.45, 7) is 2.54. The van der Waals surface area contributed by atoms with E-state index in [1.165, 1.54) is 89.9 Å². The highest BCUT2D eigenvalue weighted by atomic mass is 16.8. The highest BCUT2D eigenvalue weighted by Gasteiger charge is 1.94. The smallest absolute Gasteiger partial charge is 0.0104 e. The van der Waals surface area contributed by atoms with E-state index < -0.39 is 0 Å². The standard InChI is InChI=1S/C18H38NO2/c1-2-3-4-5-6-7-8-9-10-11-12-13-14-15-16-17-18-19(20)21/h20H,2-18H2,1H3/q-1. The van der Waals surface area contributed by atoms with Crippen LogP contribution in [-0.2, 0) is 0 Å². The van der Waals surface area contributed by atoms with Crippen molar-refractivity contribution in [1.29, 1.82) is 0 Å². The van der Waals surface area contributed by atoms with Gasteiger partial charge in [-0.05, 0) is 6.42 Å². The number of unbranched alkanes of at least 4 members (excludes halogenated alkanes) is 15. The number of hydrogen-bond acceptors (Lipinski definition) is 3. The van der Waals surface area contributed by atoms with Gasteiger partial charge in [0.15, 0.2) is 0 Å². The summed E-state index contributed by atoms with van der Waals surface area (Å²) in [5.41, 5.74) is 0. The summed E-state index contributed by atoms with van der Waals surface area (Å²) >= 11 is 0. The monoisotopic (exact) mass is 300 g/mol. The number of hydroxylamine groups is 2. The Morgan fingerprint density at radius 2 is 0.857 bits per heavy atom. The normalized spacial score (nSPS) is 11.4. The second-order valence-corrected chi connectivity index (χ2v) is 6.38. The molecule has 3 heteroatoms. The van der Waals surface area contributed by atoms with E-state index in [4.69, 9.17) is 5.21 Å². The summed E-state index contributed by atoms with van der Waals surface area (Å²) in [7, 11) is 0. The Bertz CT molecular complexity index is 186. The summed E-state index contributed by atoms with van der Waals surface area (Å²) < 4.78 is 0. The first-order valence-electron chi connectivity index (χ1n) is 9.41. The molecule has 0 spiro atoms. The molecule has 21 heavy (non-hydrogen) atoms. The van der Waals surface area contributed by atoms with Gasteiger partial charge in [-0.2, -0.15) is 0 Å². The van der Waals surface area contributed by atoms with Crippen LogP contribution in [0.3, 0.4) is 0 Å². The molecule has 0 aromatic carbocycles. The summed E-state index contributed by atoms with van der Waals surface area (Å²) in [4.78, 5) is 0. The minimum atomic E-state index is 0.0454. The second kappa shape index (κ2) is 17.9. The molecule has 0 aromatic rings. The summed E-state index contributed by atoms with van der Waals surface area (Å²) in [6, 6.07) is 0. The fraction of sp³-hybridized carbons (Fsp3) is 1.00. The van der Waals surface area contributed by atoms with Crippen LogP contribution in [0.15, 0.2) is 0 Å². The zero-order chi connectivity index (χ0) is 15.6. The predicted molar refractivity (Wildman–Crippen MR) is 91.4 cm³/mol. The summed E-state index contributed by atoms with van der Waals surface area (Å²) in [5.74, 6) is 0. The van der Waals surface area contributed by atoms with Crippen molar-refractivity contribution in [3.63, 3.8) is 0 Å². The van der Waals surface area contributed by atoms with E-state index in [-0.39, 0.29) is 11.8 Å². The minimum Gasteiger partial charge on any atom is -0.762 e. The lowest BCUT2D eigenvalue weighted by molar-refractivity contribution is -0.0414. The maximum atomic E-state index is 10.3. The molecule has 0 unspecified atom stereocenters. The Kier molecular flexibility index (Phi) is 17.8. The lowest BCUT2D eigenvalue weighted by Crippen LogP contribution is -2.11. The molecular formula is C18H38NO2-. The van der Waals surface area contributed by atoms with Crippen molar-refractivity contribution in [2.75, 3.05) is 6.54 Å². The van der Waals surface area contributed by atoms with Crippen molar-refractivity contribution in [1.82, 2.24) is 5.23 Å². The van der Waals surface area contributed by atoms with E-state index >= 15 is 0 Å². The first kappa shape index (κ1) is 20.9. The molecule has 0 atom stereocenters. The molecule has 0 aromatic heterocycles. The van der Waals surface area contributed by atoms with Gasteiger partial charge in [0.1, 0.15) is 0 Å². The molecule has 1 N–H and O–H groups in total. The van der Waals surface area contributed by atoms with Gasteiger partial charge in [-0.15, -0.1) is 0 Å². The van der Waals surface area contributed by atoms with Crippen molar-refractivity contribution < 1.29 is 5.21 Å². The van der Waals surface area contributed by atoms with Crippen molar-refractivity contribution in [3.8, 4) is 0 Å². The number of rotatable bonds is 17. The zero-order valence-corrected chi connectivity index (χ0v) is 14.3. The van der Waals surface area contributed by atoms with E-state index in [2.05, 4.69) is 6.92 Å². The topological polar surface area (TPSA) is 46.5 Å².